The Hall–Kier alpha value is -3.17. The Morgan fingerprint density at radius 3 is 2.04 bits per heavy atom. The average Bonchev–Trinajstić information content (AvgIpc) is 3.15. The minimum absolute atomic E-state index is 0.508. The number of benzene rings is 3. The highest BCUT2D eigenvalue weighted by molar-refractivity contribution is 5.65. The van der Waals surface area contributed by atoms with Crippen LogP contribution in [0, 0.1) is 6.92 Å². The van der Waals surface area contributed by atoms with Crippen molar-refractivity contribution in [2.75, 3.05) is 0 Å². The van der Waals surface area contributed by atoms with Crippen LogP contribution < -0.4 is 0 Å². The van der Waals surface area contributed by atoms with Gasteiger partial charge in [-0.15, -0.1) is 0 Å². The van der Waals surface area contributed by atoms with Gasteiger partial charge in [-0.3, -0.25) is 0 Å². The van der Waals surface area contributed by atoms with Crippen LogP contribution in [0.3, 0.4) is 0 Å². The van der Waals surface area contributed by atoms with Crippen LogP contribution in [-0.4, -0.2) is 10.1 Å². The average molecular weight is 341 g/mol. The molecule has 128 valence electrons. The van der Waals surface area contributed by atoms with Crippen molar-refractivity contribution < 1.29 is 9.52 Å². The van der Waals surface area contributed by atoms with Gasteiger partial charge in [-0.1, -0.05) is 78.4 Å². The first-order chi connectivity index (χ1) is 12.7. The molecule has 1 heterocycles. The summed E-state index contributed by atoms with van der Waals surface area (Å²) in [5, 5.41) is 10.9. The Balaban J connectivity index is 1.84. The largest absolute Gasteiger partial charge is 0.436 e. The van der Waals surface area contributed by atoms with Gasteiger partial charge in [-0.25, -0.2) is 4.98 Å². The molecule has 0 aliphatic heterocycles. The maximum atomic E-state index is 10.9. The van der Waals surface area contributed by atoms with Crippen molar-refractivity contribution in [3.63, 3.8) is 0 Å². The topological polar surface area (TPSA) is 46.3 Å². The molecule has 1 atom stereocenters. The molecular weight excluding hydrogens is 322 g/mol. The van der Waals surface area contributed by atoms with E-state index in [-0.39, 0.29) is 0 Å². The van der Waals surface area contributed by atoms with Crippen LogP contribution >= 0.6 is 0 Å². The van der Waals surface area contributed by atoms with E-state index in [1.807, 2.05) is 91.9 Å². The molecule has 0 aliphatic rings. The van der Waals surface area contributed by atoms with Crippen molar-refractivity contribution in [2.45, 2.75) is 13.0 Å². The minimum atomic E-state index is -0.852. The number of nitrogens with zero attached hydrogens (tertiary/aromatic N) is 1. The molecule has 3 heteroatoms. The Morgan fingerprint density at radius 1 is 0.769 bits per heavy atom. The number of rotatable bonds is 4. The molecule has 4 rings (SSSR count). The van der Waals surface area contributed by atoms with E-state index >= 15 is 0 Å². The lowest BCUT2D eigenvalue weighted by molar-refractivity contribution is 0.216. The van der Waals surface area contributed by atoms with Crippen LogP contribution in [-0.2, 0) is 0 Å². The summed E-state index contributed by atoms with van der Waals surface area (Å²) in [5.74, 6) is 1.10. The number of aromatic nitrogens is 1. The third-order valence-corrected chi connectivity index (χ3v) is 4.36. The van der Waals surface area contributed by atoms with Gasteiger partial charge in [0.25, 0.3) is 0 Å². The molecule has 0 radical (unpaired) electrons. The van der Waals surface area contributed by atoms with Gasteiger partial charge in [-0.05, 0) is 24.6 Å². The predicted octanol–water partition coefficient (Wildman–Crippen LogP) is 5.40. The third kappa shape index (κ3) is 3.17. The van der Waals surface area contributed by atoms with E-state index in [2.05, 4.69) is 4.98 Å². The van der Waals surface area contributed by atoms with E-state index in [0.717, 1.165) is 16.7 Å². The van der Waals surface area contributed by atoms with Gasteiger partial charge in [-0.2, -0.15) is 0 Å². The van der Waals surface area contributed by atoms with Crippen molar-refractivity contribution >= 4 is 0 Å². The molecule has 0 fully saturated rings. The maximum Gasteiger partial charge on any atom is 0.227 e. The van der Waals surface area contributed by atoms with Crippen molar-refractivity contribution in [1.82, 2.24) is 4.98 Å². The molecular formula is C23H19NO2. The number of hydrogen-bond donors (Lipinski definition) is 1. The second-order valence-electron chi connectivity index (χ2n) is 6.28. The highest BCUT2D eigenvalue weighted by Crippen LogP contribution is 2.35. The second kappa shape index (κ2) is 6.98. The Morgan fingerprint density at radius 2 is 1.38 bits per heavy atom. The van der Waals surface area contributed by atoms with Crippen molar-refractivity contribution in [3.05, 3.63) is 102 Å². The lowest BCUT2D eigenvalue weighted by Crippen LogP contribution is -2.01. The molecule has 0 amide bonds. The quantitative estimate of drug-likeness (QED) is 0.541. The molecule has 1 N–H and O–H groups in total. The van der Waals surface area contributed by atoms with E-state index < -0.39 is 6.10 Å². The zero-order valence-corrected chi connectivity index (χ0v) is 14.5. The number of aliphatic hydroxyl groups excluding tert-OH is 1. The van der Waals surface area contributed by atoms with E-state index in [1.165, 1.54) is 5.56 Å². The third-order valence-electron chi connectivity index (χ3n) is 4.36. The monoisotopic (exact) mass is 341 g/mol. The molecule has 3 nitrogen and oxygen atoms in total. The molecule has 0 spiro atoms. The van der Waals surface area contributed by atoms with E-state index in [9.17, 15) is 5.11 Å². The summed E-state index contributed by atoms with van der Waals surface area (Å²) in [6.45, 7) is 2.04. The lowest BCUT2D eigenvalue weighted by atomic mass is 10.0. The lowest BCUT2D eigenvalue weighted by Gasteiger charge is -2.09. The van der Waals surface area contributed by atoms with E-state index in [0.29, 0.717) is 17.3 Å². The summed E-state index contributed by atoms with van der Waals surface area (Å²) in [6, 6.07) is 27.3. The van der Waals surface area contributed by atoms with Crippen LogP contribution in [0.15, 0.2) is 89.3 Å². The molecule has 1 unspecified atom stereocenters. The summed E-state index contributed by atoms with van der Waals surface area (Å²) in [7, 11) is 0. The van der Waals surface area contributed by atoms with Crippen LogP contribution in [0.1, 0.15) is 22.9 Å². The number of aliphatic hydroxyl groups is 1. The summed E-state index contributed by atoms with van der Waals surface area (Å²) in [6.07, 6.45) is -0.852. The van der Waals surface area contributed by atoms with Gasteiger partial charge < -0.3 is 9.52 Å². The first kappa shape index (κ1) is 16.3. The van der Waals surface area contributed by atoms with Gasteiger partial charge >= 0.3 is 0 Å². The van der Waals surface area contributed by atoms with Crippen LogP contribution in [0.25, 0.3) is 22.8 Å². The van der Waals surface area contributed by atoms with Crippen molar-refractivity contribution in [3.8, 4) is 22.8 Å². The molecule has 3 aromatic carbocycles. The summed E-state index contributed by atoms with van der Waals surface area (Å²) in [5.41, 5.74) is 4.27. The molecule has 0 saturated carbocycles. The smallest absolute Gasteiger partial charge is 0.227 e. The van der Waals surface area contributed by atoms with Crippen LogP contribution in [0.4, 0.5) is 0 Å². The fourth-order valence-electron chi connectivity index (χ4n) is 2.93. The van der Waals surface area contributed by atoms with E-state index in [1.54, 1.807) is 0 Å². The normalized spacial score (nSPS) is 12.1. The summed E-state index contributed by atoms with van der Waals surface area (Å²) < 4.78 is 6.10. The molecule has 1 aromatic heterocycles. The number of hydrogen-bond acceptors (Lipinski definition) is 3. The first-order valence-corrected chi connectivity index (χ1v) is 8.58. The minimum Gasteiger partial charge on any atom is -0.436 e. The molecule has 0 aliphatic carbocycles. The summed E-state index contributed by atoms with van der Waals surface area (Å²) >= 11 is 0. The zero-order valence-electron chi connectivity index (χ0n) is 14.5. The second-order valence-corrected chi connectivity index (χ2v) is 6.28. The molecule has 26 heavy (non-hydrogen) atoms. The van der Waals surface area contributed by atoms with Crippen molar-refractivity contribution in [2.24, 2.45) is 0 Å². The zero-order chi connectivity index (χ0) is 17.9. The van der Waals surface area contributed by atoms with E-state index in [4.69, 9.17) is 4.42 Å². The van der Waals surface area contributed by atoms with Crippen LogP contribution in [0.5, 0.6) is 0 Å². The highest BCUT2D eigenvalue weighted by Gasteiger charge is 2.23. The van der Waals surface area contributed by atoms with Gasteiger partial charge in [0.05, 0.1) is 0 Å². The fourth-order valence-corrected chi connectivity index (χ4v) is 2.93. The molecule has 0 saturated heterocycles. The standard InChI is InChI=1S/C23H19NO2/c1-16-12-14-19(15-13-16)23-24-20(21(25)17-8-4-2-5-9-17)22(26-23)18-10-6-3-7-11-18/h2-15,21,25H,1H3. The molecule has 4 aromatic rings. The Labute approximate surface area is 152 Å². The first-order valence-electron chi connectivity index (χ1n) is 8.58. The van der Waals surface area contributed by atoms with Gasteiger partial charge in [0.15, 0.2) is 5.76 Å². The summed E-state index contributed by atoms with van der Waals surface area (Å²) in [4.78, 5) is 4.65. The predicted molar refractivity (Wildman–Crippen MR) is 103 cm³/mol. The number of oxazole rings is 1. The van der Waals surface area contributed by atoms with Crippen molar-refractivity contribution in [1.29, 1.82) is 0 Å². The molecule has 0 bridgehead atoms. The SMILES string of the molecule is Cc1ccc(-c2nc(C(O)c3ccccc3)c(-c3ccccc3)o2)cc1. The highest BCUT2D eigenvalue weighted by atomic mass is 16.4. The number of aryl methyl sites for hydroxylation is 1. The van der Waals surface area contributed by atoms with Gasteiger partial charge in [0.1, 0.15) is 11.8 Å². The Kier molecular flexibility index (Phi) is 4.38. The van der Waals surface area contributed by atoms with Gasteiger partial charge in [0.2, 0.25) is 5.89 Å². The maximum absolute atomic E-state index is 10.9. The fraction of sp³-hybridized carbons (Fsp3) is 0.0870. The van der Waals surface area contributed by atoms with Gasteiger partial charge in [0, 0.05) is 11.1 Å². The Bertz CT molecular complexity index is 990. The van der Waals surface area contributed by atoms with Crippen LogP contribution in [0.2, 0.25) is 0 Å².